The first-order chi connectivity index (χ1) is 15.1. The minimum atomic E-state index is -0.180. The van der Waals surface area contributed by atoms with Crippen molar-refractivity contribution >= 4 is 11.9 Å². The molecule has 0 radical (unpaired) electrons. The number of fused-ring (bicyclic) bond motifs is 1. The third-order valence-electron chi connectivity index (χ3n) is 6.70. The SMILES string of the molecule is CCC(=O)C[C@H]1CC[C@@H](n2nncc2-c2ccc(-c3cc4c(cc3F)CC=C4)cc2)C1. The standard InChI is InChI=1S/C26H26FN3O/c1-2-23(31)13-17-6-11-22(12-17)30-26(16-28-29-30)19-9-7-18(8-10-19)24-14-20-4-3-5-21(20)15-25(24)27/h3-4,7-10,14-17,22H,2,5-6,11-13H2,1H3/t17-,22+/m0/s1. The summed E-state index contributed by atoms with van der Waals surface area (Å²) >= 11 is 0. The lowest BCUT2D eigenvalue weighted by molar-refractivity contribution is -0.119. The fourth-order valence-electron chi connectivity index (χ4n) is 4.96. The zero-order valence-corrected chi connectivity index (χ0v) is 17.7. The minimum Gasteiger partial charge on any atom is -0.300 e. The topological polar surface area (TPSA) is 47.8 Å². The Morgan fingerprint density at radius 2 is 1.97 bits per heavy atom. The van der Waals surface area contributed by atoms with Crippen molar-refractivity contribution in [3.63, 3.8) is 0 Å². The zero-order valence-electron chi connectivity index (χ0n) is 17.7. The Labute approximate surface area is 181 Å². The van der Waals surface area contributed by atoms with Crippen molar-refractivity contribution in [2.45, 2.75) is 51.5 Å². The van der Waals surface area contributed by atoms with Gasteiger partial charge < -0.3 is 0 Å². The van der Waals surface area contributed by atoms with Gasteiger partial charge in [0.05, 0.1) is 17.9 Å². The van der Waals surface area contributed by atoms with Crippen molar-refractivity contribution < 1.29 is 9.18 Å². The average molecular weight is 416 g/mol. The lowest BCUT2D eigenvalue weighted by Crippen LogP contribution is -2.10. The van der Waals surface area contributed by atoms with Gasteiger partial charge in [-0.1, -0.05) is 48.6 Å². The van der Waals surface area contributed by atoms with E-state index >= 15 is 0 Å². The molecule has 2 aliphatic carbocycles. The molecule has 4 nitrogen and oxygen atoms in total. The van der Waals surface area contributed by atoms with E-state index in [1.807, 2.05) is 41.9 Å². The predicted octanol–water partition coefficient (Wildman–Crippen LogP) is 6.03. The summed E-state index contributed by atoms with van der Waals surface area (Å²) in [6, 6.07) is 11.8. The highest BCUT2D eigenvalue weighted by molar-refractivity contribution is 5.78. The number of halogens is 1. The summed E-state index contributed by atoms with van der Waals surface area (Å²) in [6.45, 7) is 1.93. The van der Waals surface area contributed by atoms with Gasteiger partial charge in [0, 0.05) is 24.0 Å². The van der Waals surface area contributed by atoms with E-state index in [1.165, 1.54) is 0 Å². The number of nitrogens with zero attached hydrogens (tertiary/aromatic N) is 3. The van der Waals surface area contributed by atoms with Gasteiger partial charge in [0.15, 0.2) is 0 Å². The van der Waals surface area contributed by atoms with E-state index in [4.69, 9.17) is 0 Å². The van der Waals surface area contributed by atoms with E-state index in [0.29, 0.717) is 30.1 Å². The molecular formula is C26H26FN3O. The zero-order chi connectivity index (χ0) is 21.4. The van der Waals surface area contributed by atoms with Crippen LogP contribution >= 0.6 is 0 Å². The maximum atomic E-state index is 14.6. The summed E-state index contributed by atoms with van der Waals surface area (Å²) in [5, 5.41) is 8.51. The highest BCUT2D eigenvalue weighted by atomic mass is 19.1. The van der Waals surface area contributed by atoms with Crippen LogP contribution in [-0.2, 0) is 11.2 Å². The van der Waals surface area contributed by atoms with Crippen LogP contribution in [0.5, 0.6) is 0 Å². The Bertz CT molecular complexity index is 1150. The summed E-state index contributed by atoms with van der Waals surface area (Å²) in [7, 11) is 0. The van der Waals surface area contributed by atoms with Gasteiger partial charge in [0.25, 0.3) is 0 Å². The maximum Gasteiger partial charge on any atom is 0.132 e. The number of hydrogen-bond donors (Lipinski definition) is 0. The van der Waals surface area contributed by atoms with Gasteiger partial charge in [-0.25, -0.2) is 9.07 Å². The summed E-state index contributed by atoms with van der Waals surface area (Å²) < 4.78 is 16.7. The van der Waals surface area contributed by atoms with E-state index < -0.39 is 0 Å². The highest BCUT2D eigenvalue weighted by Crippen LogP contribution is 2.38. The predicted molar refractivity (Wildman–Crippen MR) is 120 cm³/mol. The Kier molecular flexibility index (Phi) is 5.26. The van der Waals surface area contributed by atoms with E-state index in [0.717, 1.165) is 53.6 Å². The Morgan fingerprint density at radius 1 is 1.16 bits per heavy atom. The minimum absolute atomic E-state index is 0.180. The molecule has 0 N–H and O–H groups in total. The third-order valence-corrected chi connectivity index (χ3v) is 6.70. The molecule has 1 heterocycles. The van der Waals surface area contributed by atoms with Crippen LogP contribution in [0.2, 0.25) is 0 Å². The van der Waals surface area contributed by atoms with Crippen molar-refractivity contribution in [2.24, 2.45) is 5.92 Å². The van der Waals surface area contributed by atoms with Crippen LogP contribution in [-0.4, -0.2) is 20.8 Å². The normalized spacial score (nSPS) is 19.7. The second-order valence-corrected chi connectivity index (χ2v) is 8.71. The smallest absolute Gasteiger partial charge is 0.132 e. The number of benzene rings is 2. The first kappa shape index (κ1) is 19.9. The molecule has 0 aliphatic heterocycles. The molecule has 5 heteroatoms. The Hall–Kier alpha value is -3.08. The lowest BCUT2D eigenvalue weighted by atomic mass is 9.98. The molecule has 0 bridgehead atoms. The molecule has 2 atom stereocenters. The molecule has 5 rings (SSSR count). The molecule has 3 aromatic rings. The van der Waals surface area contributed by atoms with Gasteiger partial charge in [-0.3, -0.25) is 4.79 Å². The van der Waals surface area contributed by atoms with Crippen molar-refractivity contribution in [1.29, 1.82) is 0 Å². The number of aromatic nitrogens is 3. The van der Waals surface area contributed by atoms with Gasteiger partial charge in [0.2, 0.25) is 0 Å². The Balaban J connectivity index is 1.37. The molecule has 31 heavy (non-hydrogen) atoms. The van der Waals surface area contributed by atoms with Crippen molar-refractivity contribution in [3.05, 3.63) is 65.6 Å². The number of Topliss-reactive ketones (excluding diaryl/α,β-unsaturated/α-hetero) is 1. The van der Waals surface area contributed by atoms with Crippen LogP contribution in [0.3, 0.4) is 0 Å². The highest BCUT2D eigenvalue weighted by Gasteiger charge is 2.29. The largest absolute Gasteiger partial charge is 0.300 e. The number of carbonyl (C=O) groups is 1. The van der Waals surface area contributed by atoms with Crippen LogP contribution in [0.1, 0.15) is 56.2 Å². The number of ketones is 1. The molecule has 0 spiro atoms. The number of carbonyl (C=O) groups excluding carboxylic acids is 1. The van der Waals surface area contributed by atoms with Gasteiger partial charge in [-0.05, 0) is 60.4 Å². The van der Waals surface area contributed by atoms with Gasteiger partial charge in [-0.2, -0.15) is 0 Å². The fraction of sp³-hybridized carbons (Fsp3) is 0.346. The van der Waals surface area contributed by atoms with E-state index in [2.05, 4.69) is 22.5 Å². The lowest BCUT2D eigenvalue weighted by Gasteiger charge is -2.14. The second kappa shape index (κ2) is 8.22. The van der Waals surface area contributed by atoms with Crippen LogP contribution in [0.15, 0.2) is 48.7 Å². The van der Waals surface area contributed by atoms with Crippen molar-refractivity contribution in [3.8, 4) is 22.4 Å². The van der Waals surface area contributed by atoms with Gasteiger partial charge in [-0.15, -0.1) is 5.10 Å². The number of allylic oxidation sites excluding steroid dienone is 1. The summed E-state index contributed by atoms with van der Waals surface area (Å²) in [6.07, 6.45) is 11.0. The van der Waals surface area contributed by atoms with E-state index in [1.54, 1.807) is 12.3 Å². The number of rotatable bonds is 6. The first-order valence-electron chi connectivity index (χ1n) is 11.1. The summed E-state index contributed by atoms with van der Waals surface area (Å²) in [4.78, 5) is 11.8. The van der Waals surface area contributed by atoms with Crippen LogP contribution in [0, 0.1) is 11.7 Å². The van der Waals surface area contributed by atoms with Crippen LogP contribution in [0.4, 0.5) is 4.39 Å². The molecule has 1 saturated carbocycles. The molecule has 0 unspecified atom stereocenters. The maximum absolute atomic E-state index is 14.6. The van der Waals surface area contributed by atoms with E-state index in [9.17, 15) is 9.18 Å². The molecule has 158 valence electrons. The molecular weight excluding hydrogens is 389 g/mol. The third kappa shape index (κ3) is 3.85. The van der Waals surface area contributed by atoms with Crippen LogP contribution < -0.4 is 0 Å². The molecule has 2 aromatic carbocycles. The molecule has 1 fully saturated rings. The first-order valence-corrected chi connectivity index (χ1v) is 11.1. The summed E-state index contributed by atoms with van der Waals surface area (Å²) in [5.74, 6) is 0.601. The van der Waals surface area contributed by atoms with E-state index in [-0.39, 0.29) is 11.9 Å². The monoisotopic (exact) mass is 415 g/mol. The van der Waals surface area contributed by atoms with Crippen LogP contribution in [0.25, 0.3) is 28.5 Å². The van der Waals surface area contributed by atoms with Gasteiger partial charge >= 0.3 is 0 Å². The molecule has 1 aromatic heterocycles. The quantitative estimate of drug-likeness (QED) is 0.494. The molecule has 2 aliphatic rings. The Morgan fingerprint density at radius 3 is 2.77 bits per heavy atom. The summed E-state index contributed by atoms with van der Waals surface area (Å²) in [5.41, 5.74) is 5.62. The average Bonchev–Trinajstić information content (AvgIpc) is 3.53. The molecule has 0 saturated heterocycles. The number of hydrogen-bond acceptors (Lipinski definition) is 3. The fourth-order valence-corrected chi connectivity index (χ4v) is 4.96. The van der Waals surface area contributed by atoms with Crippen molar-refractivity contribution in [1.82, 2.24) is 15.0 Å². The van der Waals surface area contributed by atoms with Crippen molar-refractivity contribution in [2.75, 3.05) is 0 Å². The molecule has 0 amide bonds. The van der Waals surface area contributed by atoms with Gasteiger partial charge in [0.1, 0.15) is 11.6 Å². The second-order valence-electron chi connectivity index (χ2n) is 8.71.